The third-order valence-corrected chi connectivity index (χ3v) is 10.3. The first kappa shape index (κ1) is 32.8. The maximum absolute atomic E-state index is 13.3. The molecule has 0 atom stereocenters. The van der Waals surface area contributed by atoms with Crippen molar-refractivity contribution >= 4 is 64.8 Å². The molecule has 12 nitrogen and oxygen atoms in total. The summed E-state index contributed by atoms with van der Waals surface area (Å²) in [5, 5.41) is 15.8. The third-order valence-electron chi connectivity index (χ3n) is 5.97. The number of hydrogen-bond acceptors (Lipinski definition) is 10. The number of anilines is 2. The Kier molecular flexibility index (Phi) is 10.2. The van der Waals surface area contributed by atoms with Gasteiger partial charge in [0, 0.05) is 21.2 Å². The van der Waals surface area contributed by atoms with E-state index in [9.17, 15) is 26.4 Å². The predicted molar refractivity (Wildman–Crippen MR) is 169 cm³/mol. The van der Waals surface area contributed by atoms with Crippen LogP contribution in [0.15, 0.2) is 105 Å². The van der Waals surface area contributed by atoms with Gasteiger partial charge in [0.1, 0.15) is 11.5 Å². The molecule has 44 heavy (non-hydrogen) atoms. The zero-order chi connectivity index (χ0) is 32.1. The highest BCUT2D eigenvalue weighted by atomic mass is 33.1. The van der Waals surface area contributed by atoms with Crippen LogP contribution in [-0.4, -0.2) is 42.9 Å². The minimum Gasteiger partial charge on any atom is -0.497 e. The van der Waals surface area contributed by atoms with Crippen LogP contribution in [0.4, 0.5) is 11.4 Å². The minimum atomic E-state index is -3.89. The lowest BCUT2D eigenvalue weighted by molar-refractivity contribution is 0.101. The highest BCUT2D eigenvalue weighted by Gasteiger charge is 2.19. The van der Waals surface area contributed by atoms with E-state index in [0.717, 1.165) is 0 Å². The Morgan fingerprint density at radius 3 is 1.23 bits per heavy atom. The molecule has 0 saturated heterocycles. The van der Waals surface area contributed by atoms with Crippen molar-refractivity contribution < 1.29 is 35.9 Å². The minimum absolute atomic E-state index is 0.0932. The number of nitrogens with two attached hydrogens (primary N) is 2. The molecule has 4 rings (SSSR count). The molecule has 4 aromatic rings. The molecule has 0 bridgehead atoms. The van der Waals surface area contributed by atoms with Crippen LogP contribution in [0.25, 0.3) is 0 Å². The molecular weight excluding hydrogens is 649 g/mol. The second kappa shape index (κ2) is 13.7. The summed E-state index contributed by atoms with van der Waals surface area (Å²) in [7, 11) is -2.39. The van der Waals surface area contributed by atoms with E-state index in [2.05, 4.69) is 10.6 Å². The maximum atomic E-state index is 13.3. The average Bonchev–Trinajstić information content (AvgIpc) is 2.99. The maximum Gasteiger partial charge on any atom is 0.256 e. The quantitative estimate of drug-likeness (QED) is 0.166. The van der Waals surface area contributed by atoms with Crippen LogP contribution in [0.5, 0.6) is 11.5 Å². The van der Waals surface area contributed by atoms with Crippen LogP contribution in [0.1, 0.15) is 20.7 Å². The van der Waals surface area contributed by atoms with E-state index in [1.54, 1.807) is 36.4 Å². The van der Waals surface area contributed by atoms with Gasteiger partial charge in [0.15, 0.2) is 0 Å². The number of carbonyl (C=O) groups is 2. The molecule has 2 amide bonds. The van der Waals surface area contributed by atoms with Crippen molar-refractivity contribution in [2.45, 2.75) is 19.6 Å². The molecular formula is C28H26N4O8S4. The summed E-state index contributed by atoms with van der Waals surface area (Å²) in [6.45, 7) is 0. The average molecular weight is 675 g/mol. The van der Waals surface area contributed by atoms with Gasteiger partial charge in [-0.1, -0.05) is 21.6 Å². The normalized spacial score (nSPS) is 11.5. The van der Waals surface area contributed by atoms with Crippen molar-refractivity contribution in [1.82, 2.24) is 0 Å². The zero-order valence-electron chi connectivity index (χ0n) is 23.1. The fourth-order valence-electron chi connectivity index (χ4n) is 3.71. The zero-order valence-corrected chi connectivity index (χ0v) is 26.4. The largest absolute Gasteiger partial charge is 0.497 e. The number of amides is 2. The van der Waals surface area contributed by atoms with Crippen molar-refractivity contribution in [2.75, 3.05) is 24.9 Å². The van der Waals surface area contributed by atoms with Gasteiger partial charge < -0.3 is 20.1 Å². The summed E-state index contributed by atoms with van der Waals surface area (Å²) in [4.78, 5) is 27.5. The third kappa shape index (κ3) is 8.31. The topological polar surface area (TPSA) is 197 Å². The van der Waals surface area contributed by atoms with Gasteiger partial charge in [0.2, 0.25) is 20.0 Å². The number of sulfonamides is 2. The number of carbonyl (C=O) groups excluding carboxylic acids is 2. The van der Waals surface area contributed by atoms with E-state index in [-0.39, 0.29) is 20.9 Å². The van der Waals surface area contributed by atoms with E-state index in [4.69, 9.17) is 19.8 Å². The standard InChI is InChI=1S/C28H26N4O8S4/c1-39-19-7-13-25(23(15-19)27(33)31-17-3-9-21(10-4-17)43(29,35)36)41-42-26-14-8-20(40-2)16-24(26)28(34)32-18-5-11-22(12-6-18)44(30,37)38/h3-16H,1-2H3,(H,31,33)(H,32,34)(H2,29,35,36)(H2,30,37,38). The van der Waals surface area contributed by atoms with Crippen molar-refractivity contribution in [3.63, 3.8) is 0 Å². The SMILES string of the molecule is COc1ccc(SSc2ccc(OC)cc2C(=O)Nc2ccc(S(N)(=O)=O)cc2)c(C(=O)Nc2ccc(S(N)(=O)=O)cc2)c1. The second-order valence-electron chi connectivity index (χ2n) is 8.94. The van der Waals surface area contributed by atoms with Crippen molar-refractivity contribution in [3.05, 3.63) is 96.1 Å². The van der Waals surface area contributed by atoms with Gasteiger partial charge in [-0.3, -0.25) is 9.59 Å². The Labute approximate surface area is 262 Å². The number of hydrogen-bond donors (Lipinski definition) is 4. The van der Waals surface area contributed by atoms with Gasteiger partial charge >= 0.3 is 0 Å². The number of ether oxygens (including phenoxy) is 2. The van der Waals surface area contributed by atoms with E-state index >= 15 is 0 Å². The summed E-state index contributed by atoms with van der Waals surface area (Å²) in [6, 6.07) is 20.7. The van der Waals surface area contributed by atoms with Crippen molar-refractivity contribution in [1.29, 1.82) is 0 Å². The number of rotatable bonds is 11. The fraction of sp³-hybridized carbons (Fsp3) is 0.0714. The van der Waals surface area contributed by atoms with Crippen LogP contribution in [0.3, 0.4) is 0 Å². The molecule has 230 valence electrons. The number of primary sulfonamides is 2. The lowest BCUT2D eigenvalue weighted by Gasteiger charge is -2.14. The molecule has 0 heterocycles. The highest BCUT2D eigenvalue weighted by molar-refractivity contribution is 8.76. The molecule has 0 spiro atoms. The van der Waals surface area contributed by atoms with Gasteiger partial charge in [0.25, 0.3) is 11.8 Å². The first-order valence-corrected chi connectivity index (χ1v) is 17.6. The lowest BCUT2D eigenvalue weighted by Crippen LogP contribution is -2.15. The molecule has 0 aliphatic carbocycles. The summed E-state index contributed by atoms with van der Waals surface area (Å²) in [5.74, 6) is -0.0870. The molecule has 0 saturated carbocycles. The Morgan fingerprint density at radius 1 is 0.591 bits per heavy atom. The monoisotopic (exact) mass is 674 g/mol. The lowest BCUT2D eigenvalue weighted by atomic mass is 10.2. The van der Waals surface area contributed by atoms with E-state index in [1.165, 1.54) is 84.3 Å². The molecule has 0 aliphatic heterocycles. The molecule has 0 radical (unpaired) electrons. The van der Waals surface area contributed by atoms with Crippen LogP contribution in [0, 0.1) is 0 Å². The fourth-order valence-corrected chi connectivity index (χ4v) is 7.07. The van der Waals surface area contributed by atoms with Gasteiger partial charge in [-0.15, -0.1) is 0 Å². The van der Waals surface area contributed by atoms with Crippen LogP contribution in [-0.2, 0) is 20.0 Å². The summed E-state index contributed by atoms with van der Waals surface area (Å²) in [6.07, 6.45) is 0. The molecule has 0 fully saturated rings. The van der Waals surface area contributed by atoms with Gasteiger partial charge in [-0.05, 0) is 84.9 Å². The Hall–Kier alpha value is -4.06. The summed E-state index contributed by atoms with van der Waals surface area (Å²) < 4.78 is 56.8. The van der Waals surface area contributed by atoms with Crippen LogP contribution in [0.2, 0.25) is 0 Å². The van der Waals surface area contributed by atoms with Gasteiger partial charge in [-0.2, -0.15) is 0 Å². The number of methoxy groups -OCH3 is 2. The molecule has 0 aromatic heterocycles. The summed E-state index contributed by atoms with van der Waals surface area (Å²) in [5.41, 5.74) is 1.23. The molecule has 16 heteroatoms. The van der Waals surface area contributed by atoms with Crippen molar-refractivity contribution in [3.8, 4) is 11.5 Å². The Balaban J connectivity index is 1.57. The smallest absolute Gasteiger partial charge is 0.256 e. The van der Waals surface area contributed by atoms with Crippen LogP contribution >= 0.6 is 21.6 Å². The first-order valence-electron chi connectivity index (χ1n) is 12.4. The molecule has 0 aliphatic rings. The van der Waals surface area contributed by atoms with Crippen molar-refractivity contribution in [2.24, 2.45) is 10.3 Å². The van der Waals surface area contributed by atoms with Crippen LogP contribution < -0.4 is 30.4 Å². The van der Waals surface area contributed by atoms with Gasteiger partial charge in [0.05, 0.1) is 35.1 Å². The predicted octanol–water partition coefficient (Wildman–Crippen LogP) is 4.30. The number of nitrogens with one attached hydrogen (secondary N) is 2. The Bertz CT molecular complexity index is 1780. The number of benzene rings is 4. The van der Waals surface area contributed by atoms with Gasteiger partial charge in [-0.25, -0.2) is 27.1 Å². The molecule has 6 N–H and O–H groups in total. The second-order valence-corrected chi connectivity index (χ2v) is 14.3. The van der Waals surface area contributed by atoms with E-state index in [1.807, 2.05) is 0 Å². The first-order chi connectivity index (χ1) is 20.8. The van der Waals surface area contributed by atoms with E-state index < -0.39 is 31.9 Å². The molecule has 4 aromatic carbocycles. The highest BCUT2D eigenvalue weighted by Crippen LogP contribution is 2.42. The van der Waals surface area contributed by atoms with E-state index in [0.29, 0.717) is 32.7 Å². The summed E-state index contributed by atoms with van der Waals surface area (Å²) >= 11 is 0. The molecule has 0 unspecified atom stereocenters. The Morgan fingerprint density at radius 2 is 0.932 bits per heavy atom.